The number of halogens is 1. The van der Waals surface area contributed by atoms with Gasteiger partial charge in [-0.15, -0.1) is 0 Å². The summed E-state index contributed by atoms with van der Waals surface area (Å²) < 4.78 is 5.10. The quantitative estimate of drug-likeness (QED) is 0.468. The Morgan fingerprint density at radius 3 is 2.30 bits per heavy atom. The number of benzene rings is 2. The molecule has 0 aromatic heterocycles. The molecule has 0 bridgehead atoms. The number of carbonyl (C=O) groups is 2. The lowest BCUT2D eigenvalue weighted by Gasteiger charge is -2.24. The molecule has 1 fully saturated rings. The Labute approximate surface area is 161 Å². The highest BCUT2D eigenvalue weighted by atomic mass is 35.5. The molecule has 0 aliphatic carbocycles. The van der Waals surface area contributed by atoms with Crippen LogP contribution in [0.4, 0.5) is 0 Å². The first-order valence-electron chi connectivity index (χ1n) is 8.27. The van der Waals surface area contributed by atoms with E-state index in [0.717, 1.165) is 0 Å². The highest BCUT2D eigenvalue weighted by Crippen LogP contribution is 2.39. The lowest BCUT2D eigenvalue weighted by molar-refractivity contribution is -0.140. The van der Waals surface area contributed by atoms with Gasteiger partial charge in [-0.1, -0.05) is 23.7 Å². The lowest BCUT2D eigenvalue weighted by atomic mass is 9.95. The van der Waals surface area contributed by atoms with E-state index in [2.05, 4.69) is 0 Å². The molecule has 1 atom stereocenters. The van der Waals surface area contributed by atoms with Crippen LogP contribution in [0.5, 0.6) is 5.75 Å². The van der Waals surface area contributed by atoms with Crippen molar-refractivity contribution in [3.05, 3.63) is 70.3 Å². The minimum atomic E-state index is -0.809. The predicted molar refractivity (Wildman–Crippen MR) is 101 cm³/mol. The highest BCUT2D eigenvalue weighted by molar-refractivity contribution is 6.46. The van der Waals surface area contributed by atoms with Gasteiger partial charge in [-0.25, -0.2) is 0 Å². The Hall–Kier alpha value is -2.83. The first-order chi connectivity index (χ1) is 13.0. The van der Waals surface area contributed by atoms with E-state index in [4.69, 9.17) is 16.3 Å². The van der Waals surface area contributed by atoms with Crippen molar-refractivity contribution in [1.29, 1.82) is 0 Å². The largest absolute Gasteiger partial charge is 0.507 e. The number of carbonyl (C=O) groups excluding carboxylic acids is 2. The second-order valence-electron chi connectivity index (χ2n) is 6.00. The number of likely N-dealkylation sites (tertiary alicyclic amines) is 1. The fourth-order valence-corrected chi connectivity index (χ4v) is 3.24. The summed E-state index contributed by atoms with van der Waals surface area (Å²) in [6, 6.07) is 12.4. The van der Waals surface area contributed by atoms with E-state index < -0.39 is 17.7 Å². The van der Waals surface area contributed by atoms with Crippen molar-refractivity contribution in [2.45, 2.75) is 6.04 Å². The third-order valence-electron chi connectivity index (χ3n) is 4.43. The van der Waals surface area contributed by atoms with Gasteiger partial charge in [-0.05, 0) is 42.0 Å². The molecule has 1 aliphatic heterocycles. The molecule has 0 spiro atoms. The Morgan fingerprint density at radius 2 is 1.74 bits per heavy atom. The van der Waals surface area contributed by atoms with E-state index in [1.54, 1.807) is 48.5 Å². The number of nitrogens with zero attached hydrogens (tertiary/aromatic N) is 1. The van der Waals surface area contributed by atoms with Gasteiger partial charge in [0.05, 0.1) is 25.3 Å². The van der Waals surface area contributed by atoms with Crippen LogP contribution in [0.2, 0.25) is 5.02 Å². The molecule has 3 rings (SSSR count). The van der Waals surface area contributed by atoms with Crippen molar-refractivity contribution >= 4 is 29.1 Å². The monoisotopic (exact) mass is 387 g/mol. The summed E-state index contributed by atoms with van der Waals surface area (Å²) in [6.07, 6.45) is 0. The smallest absolute Gasteiger partial charge is 0.295 e. The molecule has 6 nitrogen and oxygen atoms in total. The minimum absolute atomic E-state index is 0.0269. The van der Waals surface area contributed by atoms with Gasteiger partial charge < -0.3 is 19.8 Å². The van der Waals surface area contributed by atoms with Gasteiger partial charge in [0.15, 0.2) is 0 Å². The summed E-state index contributed by atoms with van der Waals surface area (Å²) >= 11 is 5.94. The number of hydrogen-bond donors (Lipinski definition) is 2. The maximum absolute atomic E-state index is 12.6. The zero-order chi connectivity index (χ0) is 19.6. The number of ketones is 1. The first kappa shape index (κ1) is 18.9. The Balaban J connectivity index is 2.14. The molecule has 2 aromatic carbocycles. The predicted octanol–water partition coefficient (Wildman–Crippen LogP) is 2.76. The number of aliphatic hydroxyl groups excluding tert-OH is 2. The summed E-state index contributed by atoms with van der Waals surface area (Å²) in [4.78, 5) is 26.4. The number of rotatable bonds is 5. The molecule has 2 N–H and O–H groups in total. The van der Waals surface area contributed by atoms with Crippen LogP contribution in [-0.2, 0) is 9.59 Å². The average molecular weight is 388 g/mol. The molecule has 1 heterocycles. The summed E-state index contributed by atoms with van der Waals surface area (Å²) in [7, 11) is 1.52. The zero-order valence-electron chi connectivity index (χ0n) is 14.6. The van der Waals surface area contributed by atoms with E-state index in [9.17, 15) is 19.8 Å². The van der Waals surface area contributed by atoms with Crippen LogP contribution >= 0.6 is 11.6 Å². The summed E-state index contributed by atoms with van der Waals surface area (Å²) in [5, 5.41) is 20.6. The van der Waals surface area contributed by atoms with Gasteiger partial charge >= 0.3 is 0 Å². The minimum Gasteiger partial charge on any atom is -0.507 e. The van der Waals surface area contributed by atoms with Crippen molar-refractivity contribution in [1.82, 2.24) is 4.90 Å². The third-order valence-corrected chi connectivity index (χ3v) is 4.68. The summed E-state index contributed by atoms with van der Waals surface area (Å²) in [5.74, 6) is -1.24. The summed E-state index contributed by atoms with van der Waals surface area (Å²) in [6.45, 7) is -0.336. The van der Waals surface area contributed by atoms with Gasteiger partial charge in [-0.3, -0.25) is 9.59 Å². The maximum atomic E-state index is 12.6. The lowest BCUT2D eigenvalue weighted by Crippen LogP contribution is -2.32. The molecular weight excluding hydrogens is 370 g/mol. The number of amides is 1. The van der Waals surface area contributed by atoms with Crippen molar-refractivity contribution in [2.75, 3.05) is 20.3 Å². The van der Waals surface area contributed by atoms with Crippen LogP contribution in [-0.4, -0.2) is 47.1 Å². The first-order valence-corrected chi connectivity index (χ1v) is 8.65. The van der Waals surface area contributed by atoms with Crippen molar-refractivity contribution in [2.24, 2.45) is 0 Å². The normalized spacial score (nSPS) is 18.8. The van der Waals surface area contributed by atoms with E-state index >= 15 is 0 Å². The standard InChI is InChI=1S/C20H18ClNO5/c1-27-15-8-4-13(5-9-15)18(24)16-17(12-2-6-14(21)7-3-12)22(10-11-23)20(26)19(16)25/h2-9,17,23-24H,10-11H2,1H3/t17-/m0/s1. The SMILES string of the molecule is COc1ccc(C(O)=C2C(=O)C(=O)N(CCO)[C@H]2c2ccc(Cl)cc2)cc1. The van der Waals surface area contributed by atoms with Crippen LogP contribution in [0.25, 0.3) is 5.76 Å². The van der Waals surface area contributed by atoms with Crippen LogP contribution in [0.15, 0.2) is 54.1 Å². The van der Waals surface area contributed by atoms with E-state index in [1.165, 1.54) is 12.0 Å². The fraction of sp³-hybridized carbons (Fsp3) is 0.200. The molecule has 1 amide bonds. The Kier molecular flexibility index (Phi) is 5.48. The van der Waals surface area contributed by atoms with Gasteiger partial charge in [-0.2, -0.15) is 0 Å². The van der Waals surface area contributed by atoms with Crippen LogP contribution in [0.1, 0.15) is 17.2 Å². The number of Topliss-reactive ketones (excluding diaryl/α,β-unsaturated/α-hetero) is 1. The van der Waals surface area contributed by atoms with Gasteiger partial charge in [0, 0.05) is 17.1 Å². The van der Waals surface area contributed by atoms with Crippen LogP contribution in [0.3, 0.4) is 0 Å². The number of methoxy groups -OCH3 is 1. The molecule has 1 saturated heterocycles. The molecule has 27 heavy (non-hydrogen) atoms. The van der Waals surface area contributed by atoms with Crippen molar-refractivity contribution < 1.29 is 24.5 Å². The molecular formula is C20H18ClNO5. The molecule has 0 saturated carbocycles. The van der Waals surface area contributed by atoms with E-state index in [1.807, 2.05) is 0 Å². The second-order valence-corrected chi connectivity index (χ2v) is 6.43. The van der Waals surface area contributed by atoms with Crippen LogP contribution < -0.4 is 4.74 Å². The third kappa shape index (κ3) is 3.54. The number of β-amino-alcohol motifs (C(OH)–C–C–N with tert-alkyl or cyclic N) is 1. The van der Waals surface area contributed by atoms with Crippen molar-refractivity contribution in [3.8, 4) is 5.75 Å². The van der Waals surface area contributed by atoms with E-state index in [-0.39, 0.29) is 24.5 Å². The number of ether oxygens (including phenoxy) is 1. The topological polar surface area (TPSA) is 87.1 Å². The molecule has 140 valence electrons. The number of aliphatic hydroxyl groups is 2. The van der Waals surface area contributed by atoms with E-state index in [0.29, 0.717) is 21.9 Å². The Morgan fingerprint density at radius 1 is 1.11 bits per heavy atom. The molecule has 0 unspecified atom stereocenters. The second kappa shape index (κ2) is 7.82. The molecule has 1 aliphatic rings. The number of hydrogen-bond acceptors (Lipinski definition) is 5. The van der Waals surface area contributed by atoms with Crippen LogP contribution in [0, 0.1) is 0 Å². The maximum Gasteiger partial charge on any atom is 0.295 e. The van der Waals surface area contributed by atoms with Gasteiger partial charge in [0.2, 0.25) is 0 Å². The molecule has 7 heteroatoms. The summed E-state index contributed by atoms with van der Waals surface area (Å²) in [5.41, 5.74) is 0.972. The van der Waals surface area contributed by atoms with Crippen molar-refractivity contribution in [3.63, 3.8) is 0 Å². The average Bonchev–Trinajstić information content (AvgIpc) is 2.93. The Bertz CT molecular complexity index is 890. The zero-order valence-corrected chi connectivity index (χ0v) is 15.3. The van der Waals surface area contributed by atoms with Gasteiger partial charge in [0.1, 0.15) is 11.5 Å². The highest BCUT2D eigenvalue weighted by Gasteiger charge is 2.45. The molecule has 2 aromatic rings. The van der Waals surface area contributed by atoms with Gasteiger partial charge in [0.25, 0.3) is 11.7 Å². The fourth-order valence-electron chi connectivity index (χ4n) is 3.11. The molecule has 0 radical (unpaired) electrons.